The van der Waals surface area contributed by atoms with Crippen LogP contribution >= 0.6 is 0 Å². The summed E-state index contributed by atoms with van der Waals surface area (Å²) in [6.45, 7) is 4.25. The fourth-order valence-corrected chi connectivity index (χ4v) is 4.64. The maximum atomic E-state index is 13.0. The van der Waals surface area contributed by atoms with Crippen molar-refractivity contribution in [3.05, 3.63) is 65.0 Å². The summed E-state index contributed by atoms with van der Waals surface area (Å²) < 4.78 is 0. The molecule has 3 heterocycles. The van der Waals surface area contributed by atoms with Gasteiger partial charge in [-0.05, 0) is 67.8 Å². The van der Waals surface area contributed by atoms with E-state index in [1.807, 2.05) is 18.2 Å². The molecule has 0 bridgehead atoms. The van der Waals surface area contributed by atoms with Crippen molar-refractivity contribution in [2.24, 2.45) is 16.8 Å². The molecule has 0 radical (unpaired) electrons. The molecule has 1 aliphatic carbocycles. The molecule has 2 aliphatic heterocycles. The lowest BCUT2D eigenvalue weighted by molar-refractivity contribution is 0.0914. The molecule has 5 rings (SSSR count). The van der Waals surface area contributed by atoms with Crippen LogP contribution in [0.1, 0.15) is 59.2 Å². The first-order valence-electron chi connectivity index (χ1n) is 10.6. The third-order valence-corrected chi connectivity index (χ3v) is 6.34. The number of fused-ring (bicyclic) bond motifs is 1. The Labute approximate surface area is 166 Å². The van der Waals surface area contributed by atoms with Crippen molar-refractivity contribution in [1.82, 2.24) is 9.88 Å². The molecule has 0 amide bonds. The Hall–Kier alpha value is -2.33. The molecule has 1 atom stereocenters. The minimum Gasteiger partial charge on any atom is -0.303 e. The van der Waals surface area contributed by atoms with Crippen molar-refractivity contribution in [1.29, 1.82) is 0 Å². The molecule has 1 aromatic carbocycles. The highest BCUT2D eigenvalue weighted by atomic mass is 16.1. The molecule has 0 spiro atoms. The largest absolute Gasteiger partial charge is 0.303 e. The fourth-order valence-electron chi connectivity index (χ4n) is 4.64. The standard InChI is InChI=1S/C24H27N3O/c28-23(12-18-2-1-11-27(16-18)15-17-3-4-17)20-5-6-21-14-26-24(22(21)13-20)19-7-9-25-10-8-19/h5-10,13,17-18H,1-4,11-12,14-16H2/t18-/m0/s1. The lowest BCUT2D eigenvalue weighted by Crippen LogP contribution is -2.37. The number of Topliss-reactive ketones (excluding diaryl/α,β-unsaturated/α-hetero) is 1. The molecule has 0 N–H and O–H groups in total. The number of likely N-dealkylation sites (tertiary alicyclic amines) is 1. The Kier molecular flexibility index (Phi) is 4.81. The van der Waals surface area contributed by atoms with Gasteiger partial charge >= 0.3 is 0 Å². The van der Waals surface area contributed by atoms with Gasteiger partial charge in [0.15, 0.2) is 5.78 Å². The van der Waals surface area contributed by atoms with Crippen LogP contribution in [-0.4, -0.2) is 41.0 Å². The molecule has 4 heteroatoms. The van der Waals surface area contributed by atoms with Gasteiger partial charge in [0.1, 0.15) is 0 Å². The van der Waals surface area contributed by atoms with Gasteiger partial charge < -0.3 is 4.90 Å². The van der Waals surface area contributed by atoms with Gasteiger partial charge in [0.25, 0.3) is 0 Å². The molecular weight excluding hydrogens is 346 g/mol. The highest BCUT2D eigenvalue weighted by molar-refractivity contribution is 6.16. The van der Waals surface area contributed by atoms with E-state index in [1.165, 1.54) is 44.3 Å². The Morgan fingerprint density at radius 3 is 2.75 bits per heavy atom. The first-order valence-corrected chi connectivity index (χ1v) is 10.6. The number of pyridine rings is 1. The zero-order chi connectivity index (χ0) is 18.9. The fraction of sp³-hybridized carbons (Fsp3) is 0.458. The predicted octanol–water partition coefficient (Wildman–Crippen LogP) is 4.13. The topological polar surface area (TPSA) is 45.6 Å². The van der Waals surface area contributed by atoms with Crippen molar-refractivity contribution in [2.75, 3.05) is 19.6 Å². The number of nitrogens with zero attached hydrogens (tertiary/aromatic N) is 3. The van der Waals surface area contributed by atoms with Crippen molar-refractivity contribution in [3.8, 4) is 0 Å². The molecule has 28 heavy (non-hydrogen) atoms. The molecule has 2 fully saturated rings. The van der Waals surface area contributed by atoms with Crippen molar-refractivity contribution >= 4 is 11.5 Å². The Morgan fingerprint density at radius 1 is 1.07 bits per heavy atom. The monoisotopic (exact) mass is 373 g/mol. The van der Waals surface area contributed by atoms with Gasteiger partial charge in [-0.25, -0.2) is 0 Å². The third-order valence-electron chi connectivity index (χ3n) is 6.34. The van der Waals surface area contributed by atoms with Gasteiger partial charge in [0, 0.05) is 48.6 Å². The van der Waals surface area contributed by atoms with Crippen LogP contribution in [0.15, 0.2) is 47.7 Å². The number of carbonyl (C=O) groups is 1. The van der Waals surface area contributed by atoms with Crippen LogP contribution < -0.4 is 0 Å². The van der Waals surface area contributed by atoms with E-state index in [0.717, 1.165) is 34.9 Å². The second kappa shape index (κ2) is 7.59. The van der Waals surface area contributed by atoms with Gasteiger partial charge in [0.05, 0.1) is 12.3 Å². The molecule has 144 valence electrons. The summed E-state index contributed by atoms with van der Waals surface area (Å²) in [5.74, 6) is 1.71. The van der Waals surface area contributed by atoms with Crippen molar-refractivity contribution in [3.63, 3.8) is 0 Å². The smallest absolute Gasteiger partial charge is 0.163 e. The predicted molar refractivity (Wildman–Crippen MR) is 111 cm³/mol. The van der Waals surface area contributed by atoms with E-state index in [4.69, 9.17) is 4.99 Å². The number of aliphatic imine (C=N–C) groups is 1. The zero-order valence-electron chi connectivity index (χ0n) is 16.3. The van der Waals surface area contributed by atoms with E-state index >= 15 is 0 Å². The molecule has 2 aromatic rings. The summed E-state index contributed by atoms with van der Waals surface area (Å²) >= 11 is 0. The minimum atomic E-state index is 0.280. The Bertz CT molecular complexity index is 901. The lowest BCUT2D eigenvalue weighted by atomic mass is 9.89. The number of hydrogen-bond acceptors (Lipinski definition) is 4. The number of hydrogen-bond donors (Lipinski definition) is 0. The normalized spacial score (nSPS) is 22.0. The van der Waals surface area contributed by atoms with Crippen molar-refractivity contribution in [2.45, 2.75) is 38.6 Å². The van der Waals surface area contributed by atoms with Crippen LogP contribution in [0, 0.1) is 11.8 Å². The van der Waals surface area contributed by atoms with Crippen molar-refractivity contribution < 1.29 is 4.79 Å². The maximum absolute atomic E-state index is 13.0. The molecule has 1 saturated carbocycles. The van der Waals surface area contributed by atoms with Crippen LogP contribution in [0.2, 0.25) is 0 Å². The first kappa shape index (κ1) is 17.7. The van der Waals surface area contributed by atoms with Gasteiger partial charge in [-0.15, -0.1) is 0 Å². The quantitative estimate of drug-likeness (QED) is 0.715. The zero-order valence-corrected chi connectivity index (χ0v) is 16.3. The number of benzene rings is 1. The molecule has 0 unspecified atom stereocenters. The molecular formula is C24H27N3O. The Balaban J connectivity index is 1.29. The van der Waals surface area contributed by atoms with E-state index in [-0.39, 0.29) is 5.78 Å². The summed E-state index contributed by atoms with van der Waals surface area (Å²) in [5.41, 5.74) is 5.20. The highest BCUT2D eigenvalue weighted by Crippen LogP contribution is 2.32. The minimum absolute atomic E-state index is 0.280. The molecule has 3 aliphatic rings. The van der Waals surface area contributed by atoms with Gasteiger partial charge in [-0.3, -0.25) is 14.8 Å². The lowest BCUT2D eigenvalue weighted by Gasteiger charge is -2.32. The van der Waals surface area contributed by atoms with Gasteiger partial charge in [0.2, 0.25) is 0 Å². The SMILES string of the molecule is O=C(C[C@@H]1CCCN(CC2CC2)C1)c1ccc2c(c1)C(c1ccncc1)=NC2. The van der Waals surface area contributed by atoms with E-state index in [2.05, 4.69) is 22.0 Å². The Morgan fingerprint density at radius 2 is 1.93 bits per heavy atom. The van der Waals surface area contributed by atoms with Crippen LogP contribution in [0.4, 0.5) is 0 Å². The van der Waals surface area contributed by atoms with E-state index in [1.54, 1.807) is 12.4 Å². The number of ketones is 1. The van der Waals surface area contributed by atoms with E-state index < -0.39 is 0 Å². The number of rotatable bonds is 6. The molecule has 4 nitrogen and oxygen atoms in total. The van der Waals surface area contributed by atoms with Gasteiger partial charge in [-0.1, -0.05) is 12.1 Å². The van der Waals surface area contributed by atoms with E-state index in [0.29, 0.717) is 18.9 Å². The van der Waals surface area contributed by atoms with E-state index in [9.17, 15) is 4.79 Å². The number of piperidine rings is 1. The highest BCUT2D eigenvalue weighted by Gasteiger charge is 2.29. The maximum Gasteiger partial charge on any atom is 0.163 e. The molecule has 1 saturated heterocycles. The van der Waals surface area contributed by atoms with Crippen LogP contribution in [-0.2, 0) is 6.54 Å². The summed E-state index contributed by atoms with van der Waals surface area (Å²) in [5, 5.41) is 0. The van der Waals surface area contributed by atoms with Crippen LogP contribution in [0.25, 0.3) is 0 Å². The first-order chi connectivity index (χ1) is 13.8. The summed E-state index contributed by atoms with van der Waals surface area (Å²) in [6, 6.07) is 10.1. The second-order valence-electron chi connectivity index (χ2n) is 8.61. The summed E-state index contributed by atoms with van der Waals surface area (Å²) in [4.78, 5) is 24.4. The van der Waals surface area contributed by atoms with Crippen LogP contribution in [0.5, 0.6) is 0 Å². The third kappa shape index (κ3) is 3.79. The average Bonchev–Trinajstić information content (AvgIpc) is 3.44. The summed E-state index contributed by atoms with van der Waals surface area (Å²) in [7, 11) is 0. The average molecular weight is 374 g/mol. The summed E-state index contributed by atoms with van der Waals surface area (Å²) in [6.07, 6.45) is 9.47. The van der Waals surface area contributed by atoms with Crippen LogP contribution in [0.3, 0.4) is 0 Å². The molecule has 1 aromatic heterocycles. The van der Waals surface area contributed by atoms with Gasteiger partial charge in [-0.2, -0.15) is 0 Å². The second-order valence-corrected chi connectivity index (χ2v) is 8.61. The number of aromatic nitrogens is 1. The number of carbonyl (C=O) groups excluding carboxylic acids is 1.